The minimum Gasteiger partial charge on any atom is -0.460 e. The van der Waals surface area contributed by atoms with E-state index in [0.717, 1.165) is 62.5 Å². The number of carbonyl (C=O) groups excluding carboxylic acids is 2. The molecular formula is C47H73NO7. The molecule has 1 amide bonds. The predicted octanol–water partition coefficient (Wildman–Crippen LogP) is 10.3. The molecule has 1 saturated heterocycles. The second kappa shape index (κ2) is 23.9. The molecule has 0 aromatic heterocycles. The highest BCUT2D eigenvalue weighted by Crippen LogP contribution is 2.40. The maximum absolute atomic E-state index is 14.8. The van der Waals surface area contributed by atoms with Crippen LogP contribution in [0.2, 0.25) is 0 Å². The fourth-order valence-corrected chi connectivity index (χ4v) is 7.88. The molecule has 1 heterocycles. The minimum atomic E-state index is -0.989. The molecule has 3 rings (SSSR count). The van der Waals surface area contributed by atoms with Crippen molar-refractivity contribution < 1.29 is 33.3 Å². The normalized spacial score (nSPS) is 16.3. The number of hydrogen-bond acceptors (Lipinski definition) is 7. The Morgan fingerprint density at radius 1 is 0.818 bits per heavy atom. The number of nitrogens with one attached hydrogen (secondary N) is 1. The highest BCUT2D eigenvalue weighted by atomic mass is 16.7. The average molecular weight is 764 g/mol. The molecule has 0 spiro atoms. The number of allylic oxidation sites excluding steroid dienone is 1. The summed E-state index contributed by atoms with van der Waals surface area (Å²) in [5.41, 5.74) is 0.168. The molecule has 308 valence electrons. The van der Waals surface area contributed by atoms with Gasteiger partial charge in [0.1, 0.15) is 11.2 Å². The fraction of sp³-hybridized carbons (Fsp3) is 0.660. The molecule has 1 aliphatic rings. The molecule has 8 heteroatoms. The molecule has 2 aromatic rings. The van der Waals surface area contributed by atoms with E-state index in [2.05, 4.69) is 32.2 Å². The number of ether oxygens (including phenoxy) is 5. The Kier molecular flexibility index (Phi) is 20.1. The topological polar surface area (TPSA) is 92.3 Å². The number of methoxy groups -OCH3 is 2. The molecule has 55 heavy (non-hydrogen) atoms. The standard InChI is InChI=1S/C47H73NO7/c1-9-10-11-15-24-32-46(53-35-36-54-46)33-25-16-13-12-14-23-30-40(41(31-34-51-7)44(50)55-45(4,5)6)43(49)48-42(37(2)3)47(52-8,38-26-19-17-20-27-38)39-28-21-18-22-29-39/h17-23,26-30,37,40-42H,9-16,24-25,31-36H2,1-8H3,(H,48,49)/b30-23+/t40-,41?,42-/m0/s1. The first-order valence-corrected chi connectivity index (χ1v) is 21.1. The van der Waals surface area contributed by atoms with E-state index in [1.165, 1.54) is 25.7 Å². The molecule has 0 bridgehead atoms. The van der Waals surface area contributed by atoms with Crippen molar-refractivity contribution in [2.75, 3.05) is 34.0 Å². The number of unbranched alkanes of at least 4 members (excludes halogenated alkanes) is 8. The largest absolute Gasteiger partial charge is 0.460 e. The van der Waals surface area contributed by atoms with Crippen LogP contribution in [0.4, 0.5) is 0 Å². The van der Waals surface area contributed by atoms with Crippen LogP contribution in [0.15, 0.2) is 72.8 Å². The predicted molar refractivity (Wildman–Crippen MR) is 222 cm³/mol. The number of benzene rings is 2. The van der Waals surface area contributed by atoms with Gasteiger partial charge in [0, 0.05) is 33.7 Å². The SMILES string of the molecule is CCCCCCCC1(CCCCCC/C=C/[C@H](C(=O)N[C@@H](C(C)C)C(OC)(c2ccccc2)c2ccccc2)C(CCOC)C(=O)OC(C)(C)C)OCCO1. The Balaban J connectivity index is 1.80. The smallest absolute Gasteiger partial charge is 0.310 e. The Morgan fingerprint density at radius 2 is 1.36 bits per heavy atom. The van der Waals surface area contributed by atoms with Crippen molar-refractivity contribution in [3.05, 3.63) is 83.9 Å². The summed E-state index contributed by atoms with van der Waals surface area (Å²) in [6.45, 7) is 13.7. The van der Waals surface area contributed by atoms with Crippen molar-refractivity contribution in [2.24, 2.45) is 17.8 Å². The van der Waals surface area contributed by atoms with Crippen molar-refractivity contribution >= 4 is 11.9 Å². The lowest BCUT2D eigenvalue weighted by atomic mass is 9.75. The summed E-state index contributed by atoms with van der Waals surface area (Å²) in [5, 5.41) is 3.42. The van der Waals surface area contributed by atoms with Crippen molar-refractivity contribution in [1.82, 2.24) is 5.32 Å². The van der Waals surface area contributed by atoms with Gasteiger partial charge in [0.05, 0.1) is 31.1 Å². The van der Waals surface area contributed by atoms with Crippen molar-refractivity contribution in [2.45, 2.75) is 148 Å². The second-order valence-electron chi connectivity index (χ2n) is 16.5. The van der Waals surface area contributed by atoms with E-state index in [9.17, 15) is 9.59 Å². The van der Waals surface area contributed by atoms with Crippen LogP contribution < -0.4 is 5.32 Å². The lowest BCUT2D eigenvalue weighted by molar-refractivity contribution is -0.168. The summed E-state index contributed by atoms with van der Waals surface area (Å²) in [6.07, 6.45) is 17.4. The highest BCUT2D eigenvalue weighted by molar-refractivity contribution is 5.87. The summed E-state index contributed by atoms with van der Waals surface area (Å²) in [5.74, 6) is -2.60. The average Bonchev–Trinajstić information content (AvgIpc) is 3.63. The molecule has 0 saturated carbocycles. The van der Waals surface area contributed by atoms with Gasteiger partial charge in [-0.15, -0.1) is 0 Å². The van der Waals surface area contributed by atoms with E-state index >= 15 is 0 Å². The van der Waals surface area contributed by atoms with Gasteiger partial charge in [0.15, 0.2) is 5.79 Å². The Bertz CT molecular complexity index is 1340. The van der Waals surface area contributed by atoms with Gasteiger partial charge in [-0.2, -0.15) is 0 Å². The van der Waals surface area contributed by atoms with E-state index in [-0.39, 0.29) is 11.8 Å². The third-order valence-electron chi connectivity index (χ3n) is 10.7. The summed E-state index contributed by atoms with van der Waals surface area (Å²) < 4.78 is 30.1. The van der Waals surface area contributed by atoms with Crippen LogP contribution in [0, 0.1) is 17.8 Å². The molecular weight excluding hydrogens is 691 g/mol. The van der Waals surface area contributed by atoms with Gasteiger partial charge in [-0.05, 0) is 69.9 Å². The molecule has 2 aromatic carbocycles. The number of carbonyl (C=O) groups is 2. The summed E-state index contributed by atoms with van der Waals surface area (Å²) >= 11 is 0. The number of hydrogen-bond donors (Lipinski definition) is 1. The lowest BCUT2D eigenvalue weighted by Gasteiger charge is -2.43. The van der Waals surface area contributed by atoms with Crippen molar-refractivity contribution in [3.8, 4) is 0 Å². The molecule has 8 nitrogen and oxygen atoms in total. The summed E-state index contributed by atoms with van der Waals surface area (Å²) in [4.78, 5) is 28.6. The number of amides is 1. The molecule has 1 fully saturated rings. The van der Waals surface area contributed by atoms with Gasteiger partial charge in [-0.3, -0.25) is 9.59 Å². The van der Waals surface area contributed by atoms with Crippen LogP contribution in [0.3, 0.4) is 0 Å². The van der Waals surface area contributed by atoms with Crippen molar-refractivity contribution in [3.63, 3.8) is 0 Å². The van der Waals surface area contributed by atoms with Crippen LogP contribution in [0.1, 0.15) is 136 Å². The van der Waals surface area contributed by atoms with Gasteiger partial charge in [-0.1, -0.05) is 132 Å². The third-order valence-corrected chi connectivity index (χ3v) is 10.7. The van der Waals surface area contributed by atoms with E-state index < -0.39 is 40.8 Å². The first-order valence-electron chi connectivity index (χ1n) is 21.1. The molecule has 0 radical (unpaired) electrons. The van der Waals surface area contributed by atoms with Crippen LogP contribution in [0.25, 0.3) is 0 Å². The molecule has 1 unspecified atom stereocenters. The van der Waals surface area contributed by atoms with Gasteiger partial charge >= 0.3 is 5.97 Å². The third kappa shape index (κ3) is 14.4. The first-order chi connectivity index (χ1) is 26.4. The zero-order valence-electron chi connectivity index (χ0n) is 35.4. The highest BCUT2D eigenvalue weighted by Gasteiger charge is 2.46. The Hall–Kier alpha value is -3.04. The summed E-state index contributed by atoms with van der Waals surface area (Å²) in [6, 6.07) is 19.6. The number of esters is 1. The maximum Gasteiger partial charge on any atom is 0.310 e. The van der Waals surface area contributed by atoms with Gasteiger partial charge in [0.2, 0.25) is 5.91 Å². The Labute approximate surface area is 333 Å². The summed E-state index contributed by atoms with van der Waals surface area (Å²) in [7, 11) is 3.31. The fourth-order valence-electron chi connectivity index (χ4n) is 7.88. The minimum absolute atomic E-state index is 0.0341. The number of rotatable bonds is 26. The molecule has 1 N–H and O–H groups in total. The van der Waals surface area contributed by atoms with E-state index in [4.69, 9.17) is 23.7 Å². The first kappa shape index (κ1) is 46.3. The van der Waals surface area contributed by atoms with Crippen LogP contribution in [-0.2, 0) is 38.9 Å². The zero-order valence-corrected chi connectivity index (χ0v) is 35.4. The van der Waals surface area contributed by atoms with Crippen LogP contribution in [0.5, 0.6) is 0 Å². The van der Waals surface area contributed by atoms with Crippen molar-refractivity contribution in [1.29, 1.82) is 0 Å². The lowest BCUT2D eigenvalue weighted by Crippen LogP contribution is -2.57. The second-order valence-corrected chi connectivity index (χ2v) is 16.5. The van der Waals surface area contributed by atoms with Gasteiger partial charge < -0.3 is 29.0 Å². The quantitative estimate of drug-likeness (QED) is 0.0579. The Morgan fingerprint density at radius 3 is 1.85 bits per heavy atom. The zero-order chi connectivity index (χ0) is 40.2. The maximum atomic E-state index is 14.8. The molecule has 0 aliphatic carbocycles. The van der Waals surface area contributed by atoms with E-state index in [1.54, 1.807) is 14.2 Å². The molecule has 1 aliphatic heterocycles. The van der Waals surface area contributed by atoms with E-state index in [1.807, 2.05) is 87.5 Å². The van der Waals surface area contributed by atoms with Gasteiger partial charge in [-0.25, -0.2) is 0 Å². The van der Waals surface area contributed by atoms with Crippen LogP contribution in [-0.4, -0.2) is 63.3 Å². The van der Waals surface area contributed by atoms with E-state index in [0.29, 0.717) is 26.2 Å². The van der Waals surface area contributed by atoms with Gasteiger partial charge in [0.25, 0.3) is 0 Å². The monoisotopic (exact) mass is 764 g/mol. The molecule has 3 atom stereocenters. The van der Waals surface area contributed by atoms with Crippen LogP contribution >= 0.6 is 0 Å².